The molecule has 1 atom stereocenters. The lowest BCUT2D eigenvalue weighted by molar-refractivity contribution is 0.410. The van der Waals surface area contributed by atoms with Gasteiger partial charge in [0.15, 0.2) is 0 Å². The molecule has 0 aliphatic heterocycles. The first-order valence-electron chi connectivity index (χ1n) is 6.69. The van der Waals surface area contributed by atoms with Crippen LogP contribution >= 0.6 is 0 Å². The number of halogens is 1. The van der Waals surface area contributed by atoms with E-state index < -0.39 is 0 Å². The molecule has 2 aromatic rings. The normalized spacial score (nSPS) is 12.2. The SMILES string of the molecule is CCNC(Cc1ccc(F)cc1)c1cncc(OC)c1. The third kappa shape index (κ3) is 3.78. The fourth-order valence-corrected chi connectivity index (χ4v) is 2.15. The highest BCUT2D eigenvalue weighted by Gasteiger charge is 2.12. The number of aromatic nitrogens is 1. The smallest absolute Gasteiger partial charge is 0.137 e. The van der Waals surface area contributed by atoms with Gasteiger partial charge in [-0.2, -0.15) is 0 Å². The third-order valence-electron chi connectivity index (χ3n) is 3.18. The van der Waals surface area contributed by atoms with Gasteiger partial charge in [0.2, 0.25) is 0 Å². The quantitative estimate of drug-likeness (QED) is 0.878. The van der Waals surface area contributed by atoms with E-state index in [0.29, 0.717) is 0 Å². The summed E-state index contributed by atoms with van der Waals surface area (Å²) in [7, 11) is 1.63. The van der Waals surface area contributed by atoms with Crippen molar-refractivity contribution in [2.24, 2.45) is 0 Å². The molecular formula is C16H19FN2O. The Morgan fingerprint density at radius 3 is 2.65 bits per heavy atom. The van der Waals surface area contributed by atoms with Gasteiger partial charge in [0, 0.05) is 12.2 Å². The highest BCUT2D eigenvalue weighted by atomic mass is 19.1. The minimum atomic E-state index is -0.211. The molecule has 0 radical (unpaired) electrons. The maximum absolute atomic E-state index is 13.0. The van der Waals surface area contributed by atoms with Crippen molar-refractivity contribution in [3.05, 3.63) is 59.7 Å². The highest BCUT2D eigenvalue weighted by molar-refractivity contribution is 5.28. The van der Waals surface area contributed by atoms with Gasteiger partial charge in [-0.1, -0.05) is 19.1 Å². The summed E-state index contributed by atoms with van der Waals surface area (Å²) in [6.07, 6.45) is 4.30. The Kier molecular flexibility index (Phi) is 5.07. The molecule has 106 valence electrons. The van der Waals surface area contributed by atoms with Crippen LogP contribution in [0.3, 0.4) is 0 Å². The number of hydrogen-bond acceptors (Lipinski definition) is 3. The Labute approximate surface area is 118 Å². The summed E-state index contributed by atoms with van der Waals surface area (Å²) in [5, 5.41) is 3.42. The van der Waals surface area contributed by atoms with Crippen molar-refractivity contribution in [1.82, 2.24) is 10.3 Å². The Bertz CT molecular complexity index is 542. The van der Waals surface area contributed by atoms with Gasteiger partial charge >= 0.3 is 0 Å². The number of pyridine rings is 1. The molecule has 0 bridgehead atoms. The molecule has 4 heteroatoms. The van der Waals surface area contributed by atoms with Crippen molar-refractivity contribution < 1.29 is 9.13 Å². The fourth-order valence-electron chi connectivity index (χ4n) is 2.15. The number of hydrogen-bond donors (Lipinski definition) is 1. The van der Waals surface area contributed by atoms with Crippen molar-refractivity contribution in [1.29, 1.82) is 0 Å². The van der Waals surface area contributed by atoms with Crippen LogP contribution in [0.15, 0.2) is 42.7 Å². The molecule has 0 aliphatic carbocycles. The second-order valence-electron chi connectivity index (χ2n) is 4.60. The Hall–Kier alpha value is -1.94. The summed E-state index contributed by atoms with van der Waals surface area (Å²) < 4.78 is 18.2. The topological polar surface area (TPSA) is 34.2 Å². The number of ether oxygens (including phenoxy) is 1. The fraction of sp³-hybridized carbons (Fsp3) is 0.312. The molecule has 1 aromatic carbocycles. The summed E-state index contributed by atoms with van der Waals surface area (Å²) in [6, 6.07) is 8.71. The first-order valence-corrected chi connectivity index (χ1v) is 6.69. The van der Waals surface area contributed by atoms with Gasteiger partial charge in [-0.25, -0.2) is 4.39 Å². The summed E-state index contributed by atoms with van der Waals surface area (Å²) in [5.41, 5.74) is 2.15. The van der Waals surface area contributed by atoms with Crippen molar-refractivity contribution in [2.45, 2.75) is 19.4 Å². The number of nitrogens with one attached hydrogen (secondary N) is 1. The average Bonchev–Trinajstić information content (AvgIpc) is 2.49. The van der Waals surface area contributed by atoms with Crippen LogP contribution in [0.25, 0.3) is 0 Å². The Morgan fingerprint density at radius 1 is 1.25 bits per heavy atom. The van der Waals surface area contributed by atoms with Gasteiger partial charge in [-0.05, 0) is 42.3 Å². The van der Waals surface area contributed by atoms with E-state index in [1.54, 1.807) is 13.3 Å². The van der Waals surface area contributed by atoms with Gasteiger partial charge in [0.1, 0.15) is 11.6 Å². The number of likely N-dealkylation sites (N-methyl/N-ethyl adjacent to an activating group) is 1. The molecule has 20 heavy (non-hydrogen) atoms. The second kappa shape index (κ2) is 7.01. The van der Waals surface area contributed by atoms with Crippen LogP contribution in [0.4, 0.5) is 4.39 Å². The van der Waals surface area contributed by atoms with Crippen LogP contribution in [0.5, 0.6) is 5.75 Å². The third-order valence-corrected chi connectivity index (χ3v) is 3.18. The van der Waals surface area contributed by atoms with E-state index in [0.717, 1.165) is 29.8 Å². The number of nitrogens with zero attached hydrogens (tertiary/aromatic N) is 1. The lowest BCUT2D eigenvalue weighted by Crippen LogP contribution is -2.23. The summed E-state index contributed by atoms with van der Waals surface area (Å²) in [5.74, 6) is 0.529. The van der Waals surface area contributed by atoms with E-state index in [9.17, 15) is 4.39 Å². The zero-order valence-electron chi connectivity index (χ0n) is 11.8. The molecule has 0 amide bonds. The maximum atomic E-state index is 13.0. The highest BCUT2D eigenvalue weighted by Crippen LogP contribution is 2.21. The molecule has 1 N–H and O–H groups in total. The molecule has 1 unspecified atom stereocenters. The van der Waals surface area contributed by atoms with Crippen LogP contribution in [-0.2, 0) is 6.42 Å². The predicted molar refractivity (Wildman–Crippen MR) is 77.3 cm³/mol. The monoisotopic (exact) mass is 274 g/mol. The predicted octanol–water partition coefficient (Wildman–Crippen LogP) is 3.12. The molecule has 0 aliphatic rings. The van der Waals surface area contributed by atoms with Crippen molar-refractivity contribution in [3.63, 3.8) is 0 Å². The Balaban J connectivity index is 2.19. The molecule has 0 saturated carbocycles. The first kappa shape index (κ1) is 14.5. The van der Waals surface area contributed by atoms with E-state index in [2.05, 4.69) is 17.2 Å². The zero-order chi connectivity index (χ0) is 14.4. The van der Waals surface area contributed by atoms with Crippen LogP contribution < -0.4 is 10.1 Å². The van der Waals surface area contributed by atoms with Crippen molar-refractivity contribution in [3.8, 4) is 5.75 Å². The lowest BCUT2D eigenvalue weighted by atomic mass is 10.00. The Morgan fingerprint density at radius 2 is 2.00 bits per heavy atom. The molecule has 0 saturated heterocycles. The summed E-state index contributed by atoms with van der Waals surface area (Å²) >= 11 is 0. The zero-order valence-corrected chi connectivity index (χ0v) is 11.8. The van der Waals surface area contributed by atoms with E-state index in [1.807, 2.05) is 24.4 Å². The minimum Gasteiger partial charge on any atom is -0.495 e. The van der Waals surface area contributed by atoms with Crippen LogP contribution in [0.2, 0.25) is 0 Å². The van der Waals surface area contributed by atoms with Gasteiger partial charge < -0.3 is 10.1 Å². The number of benzene rings is 1. The minimum absolute atomic E-state index is 0.132. The second-order valence-corrected chi connectivity index (χ2v) is 4.60. The molecule has 0 spiro atoms. The van der Waals surface area contributed by atoms with Gasteiger partial charge in [0.05, 0.1) is 13.3 Å². The van der Waals surface area contributed by atoms with Crippen LogP contribution in [0, 0.1) is 5.82 Å². The standard InChI is InChI=1S/C16H19FN2O/c1-3-19-16(8-12-4-6-14(17)7-5-12)13-9-15(20-2)11-18-10-13/h4-7,9-11,16,19H,3,8H2,1-2H3. The van der Waals surface area contributed by atoms with Gasteiger partial charge in [-0.3, -0.25) is 4.98 Å². The molecule has 1 heterocycles. The average molecular weight is 274 g/mol. The largest absolute Gasteiger partial charge is 0.495 e. The number of methoxy groups -OCH3 is 1. The van der Waals surface area contributed by atoms with E-state index in [-0.39, 0.29) is 11.9 Å². The molecular weight excluding hydrogens is 255 g/mol. The van der Waals surface area contributed by atoms with E-state index in [1.165, 1.54) is 12.1 Å². The van der Waals surface area contributed by atoms with Crippen molar-refractivity contribution in [2.75, 3.05) is 13.7 Å². The maximum Gasteiger partial charge on any atom is 0.137 e. The van der Waals surface area contributed by atoms with Crippen molar-refractivity contribution >= 4 is 0 Å². The molecule has 3 nitrogen and oxygen atoms in total. The van der Waals surface area contributed by atoms with Crippen LogP contribution in [-0.4, -0.2) is 18.6 Å². The summed E-state index contributed by atoms with van der Waals surface area (Å²) in [4.78, 5) is 4.19. The van der Waals surface area contributed by atoms with Gasteiger partial charge in [-0.15, -0.1) is 0 Å². The molecule has 1 aromatic heterocycles. The van der Waals surface area contributed by atoms with Crippen LogP contribution in [0.1, 0.15) is 24.1 Å². The first-order chi connectivity index (χ1) is 9.72. The van der Waals surface area contributed by atoms with E-state index in [4.69, 9.17) is 4.74 Å². The molecule has 2 rings (SSSR count). The summed E-state index contributed by atoms with van der Waals surface area (Å²) in [6.45, 7) is 2.91. The van der Waals surface area contributed by atoms with E-state index >= 15 is 0 Å². The molecule has 0 fully saturated rings. The number of rotatable bonds is 6. The lowest BCUT2D eigenvalue weighted by Gasteiger charge is -2.18. The van der Waals surface area contributed by atoms with Gasteiger partial charge in [0.25, 0.3) is 0 Å².